The molecule has 0 saturated carbocycles. The monoisotopic (exact) mass is 318 g/mol. The van der Waals surface area contributed by atoms with Gasteiger partial charge < -0.3 is 10.2 Å². The van der Waals surface area contributed by atoms with E-state index < -0.39 is 0 Å². The van der Waals surface area contributed by atoms with Crippen molar-refractivity contribution in [2.45, 2.75) is 25.9 Å². The fraction of sp³-hybridized carbons (Fsp3) is 0.333. The average Bonchev–Trinajstić information content (AvgIpc) is 3.16. The van der Waals surface area contributed by atoms with E-state index in [1.165, 1.54) is 12.1 Å². The van der Waals surface area contributed by atoms with Crippen molar-refractivity contribution in [1.82, 2.24) is 15.6 Å². The molecule has 2 heterocycles. The van der Waals surface area contributed by atoms with Crippen molar-refractivity contribution in [3.05, 3.63) is 47.0 Å². The normalized spacial score (nSPS) is 16.8. The molecule has 8 heteroatoms. The molecule has 0 saturated heterocycles. The highest BCUT2D eigenvalue weighted by Crippen LogP contribution is 2.14. The summed E-state index contributed by atoms with van der Waals surface area (Å²) in [4.78, 5) is 17.2. The summed E-state index contributed by atoms with van der Waals surface area (Å²) < 4.78 is 17.4. The molecule has 2 aromatic rings. The first kappa shape index (κ1) is 15.1. The minimum Gasteiger partial charge on any atom is -0.390 e. The molecule has 1 aliphatic heterocycles. The van der Waals surface area contributed by atoms with Crippen LogP contribution in [0.25, 0.3) is 0 Å². The smallest absolute Gasteiger partial charge is 0.275 e. The van der Waals surface area contributed by atoms with Crippen molar-refractivity contribution in [3.8, 4) is 0 Å². The van der Waals surface area contributed by atoms with Crippen molar-refractivity contribution in [2.75, 3.05) is 6.54 Å². The molecule has 3 rings (SSSR count). The lowest BCUT2D eigenvalue weighted by Gasteiger charge is -2.08. The van der Waals surface area contributed by atoms with E-state index in [1.54, 1.807) is 19.1 Å². The van der Waals surface area contributed by atoms with Gasteiger partial charge >= 0.3 is 0 Å². The van der Waals surface area contributed by atoms with Gasteiger partial charge in [0.1, 0.15) is 17.6 Å². The Bertz CT molecular complexity index is 727. The zero-order valence-electron chi connectivity index (χ0n) is 12.5. The Hall–Kier alpha value is -2.77. The van der Waals surface area contributed by atoms with Crippen molar-refractivity contribution >= 4 is 11.6 Å². The van der Waals surface area contributed by atoms with E-state index >= 15 is 0 Å². The average molecular weight is 318 g/mol. The molecular formula is C15H15FN4O3. The van der Waals surface area contributed by atoms with Gasteiger partial charge in [-0.1, -0.05) is 22.4 Å². The number of nitrogens with one attached hydrogen (secondary N) is 1. The van der Waals surface area contributed by atoms with E-state index in [9.17, 15) is 9.18 Å². The van der Waals surface area contributed by atoms with E-state index in [4.69, 9.17) is 4.84 Å². The summed E-state index contributed by atoms with van der Waals surface area (Å²) >= 11 is 0. The van der Waals surface area contributed by atoms with Gasteiger partial charge in [-0.2, -0.15) is 0 Å². The number of halogens is 1. The molecule has 1 atom stereocenters. The quantitative estimate of drug-likeness (QED) is 0.905. The van der Waals surface area contributed by atoms with Crippen LogP contribution in [0.5, 0.6) is 0 Å². The number of hydrogen-bond acceptors (Lipinski definition) is 6. The Morgan fingerprint density at radius 2 is 2.13 bits per heavy atom. The second kappa shape index (κ2) is 6.55. The van der Waals surface area contributed by atoms with Crippen LogP contribution in [0.2, 0.25) is 0 Å². The SMILES string of the molecule is Cc1nonc1C(=O)NC[C@@H]1CC(Cc2ccc(F)cc2)=NO1. The zero-order chi connectivity index (χ0) is 16.2. The third-order valence-corrected chi connectivity index (χ3v) is 3.47. The molecule has 1 aliphatic rings. The molecule has 1 N–H and O–H groups in total. The molecule has 0 radical (unpaired) electrons. The van der Waals surface area contributed by atoms with Crippen LogP contribution in [0.4, 0.5) is 4.39 Å². The van der Waals surface area contributed by atoms with Crippen LogP contribution in [0.15, 0.2) is 34.1 Å². The second-order valence-electron chi connectivity index (χ2n) is 5.30. The molecule has 7 nitrogen and oxygen atoms in total. The van der Waals surface area contributed by atoms with E-state index in [1.807, 2.05) is 0 Å². The molecule has 120 valence electrons. The van der Waals surface area contributed by atoms with Crippen LogP contribution in [-0.2, 0) is 11.3 Å². The van der Waals surface area contributed by atoms with Crippen molar-refractivity contribution in [3.63, 3.8) is 0 Å². The van der Waals surface area contributed by atoms with E-state index in [0.29, 0.717) is 25.1 Å². The first-order valence-corrected chi connectivity index (χ1v) is 7.15. The molecule has 0 fully saturated rings. The minimum absolute atomic E-state index is 0.162. The molecule has 0 spiro atoms. The number of carbonyl (C=O) groups excluding carboxylic acids is 1. The van der Waals surface area contributed by atoms with Gasteiger partial charge in [0.2, 0.25) is 0 Å². The van der Waals surface area contributed by atoms with Gasteiger partial charge in [-0.25, -0.2) is 9.02 Å². The highest BCUT2D eigenvalue weighted by molar-refractivity contribution is 5.93. The number of aromatic nitrogens is 2. The lowest BCUT2D eigenvalue weighted by atomic mass is 10.0. The van der Waals surface area contributed by atoms with Gasteiger partial charge in [0.25, 0.3) is 5.91 Å². The van der Waals surface area contributed by atoms with E-state index in [2.05, 4.69) is 25.4 Å². The fourth-order valence-electron chi connectivity index (χ4n) is 2.27. The summed E-state index contributed by atoms with van der Waals surface area (Å²) in [6.45, 7) is 1.95. The number of nitrogens with zero attached hydrogens (tertiary/aromatic N) is 3. The van der Waals surface area contributed by atoms with Gasteiger partial charge in [0, 0.05) is 12.8 Å². The molecule has 1 aromatic carbocycles. The number of benzene rings is 1. The second-order valence-corrected chi connectivity index (χ2v) is 5.30. The summed E-state index contributed by atoms with van der Waals surface area (Å²) in [5.74, 6) is -0.629. The first-order chi connectivity index (χ1) is 11.1. The standard InChI is InChI=1S/C15H15FN4O3/c1-9-14(20-23-18-9)15(21)17-8-13-7-12(19-22-13)6-10-2-4-11(16)5-3-10/h2-5,13H,6-8H2,1H3,(H,17,21)/t13-/m0/s1. The lowest BCUT2D eigenvalue weighted by Crippen LogP contribution is -2.32. The maximum Gasteiger partial charge on any atom is 0.275 e. The van der Waals surface area contributed by atoms with E-state index in [0.717, 1.165) is 11.3 Å². The predicted molar refractivity (Wildman–Crippen MR) is 78.4 cm³/mol. The fourth-order valence-corrected chi connectivity index (χ4v) is 2.27. The highest BCUT2D eigenvalue weighted by atomic mass is 19.1. The highest BCUT2D eigenvalue weighted by Gasteiger charge is 2.23. The Labute approximate surface area is 131 Å². The number of hydrogen-bond donors (Lipinski definition) is 1. The van der Waals surface area contributed by atoms with Crippen molar-refractivity contribution < 1.29 is 18.7 Å². The summed E-state index contributed by atoms with van der Waals surface area (Å²) in [6, 6.07) is 6.26. The van der Waals surface area contributed by atoms with E-state index in [-0.39, 0.29) is 23.5 Å². The van der Waals surface area contributed by atoms with Crippen molar-refractivity contribution in [2.24, 2.45) is 5.16 Å². The summed E-state index contributed by atoms with van der Waals surface area (Å²) in [5, 5.41) is 13.8. The van der Waals surface area contributed by atoms with Gasteiger partial charge in [0.05, 0.1) is 12.3 Å². The number of rotatable bonds is 5. The summed E-state index contributed by atoms with van der Waals surface area (Å²) in [7, 11) is 0. The third kappa shape index (κ3) is 3.71. The third-order valence-electron chi connectivity index (χ3n) is 3.47. The Morgan fingerprint density at radius 1 is 1.35 bits per heavy atom. The number of aryl methyl sites for hydroxylation is 1. The van der Waals surface area contributed by atoms with Gasteiger partial charge in [-0.15, -0.1) is 0 Å². The first-order valence-electron chi connectivity index (χ1n) is 7.15. The maximum atomic E-state index is 12.9. The van der Waals surface area contributed by atoms with Crippen LogP contribution in [-0.4, -0.2) is 34.6 Å². The Kier molecular flexibility index (Phi) is 4.31. The molecule has 23 heavy (non-hydrogen) atoms. The lowest BCUT2D eigenvalue weighted by molar-refractivity contribution is 0.0748. The van der Waals surface area contributed by atoms with Crippen LogP contribution in [0, 0.1) is 12.7 Å². The summed E-state index contributed by atoms with van der Waals surface area (Å²) in [5.41, 5.74) is 2.41. The van der Waals surface area contributed by atoms with Crippen LogP contribution >= 0.6 is 0 Å². The molecule has 0 aliphatic carbocycles. The van der Waals surface area contributed by atoms with Crippen LogP contribution in [0.3, 0.4) is 0 Å². The maximum absolute atomic E-state index is 12.9. The zero-order valence-corrected chi connectivity index (χ0v) is 12.5. The number of carbonyl (C=O) groups is 1. The molecule has 1 aromatic heterocycles. The number of amides is 1. The molecular weight excluding hydrogens is 303 g/mol. The van der Waals surface area contributed by atoms with Gasteiger partial charge in [-0.05, 0) is 29.8 Å². The topological polar surface area (TPSA) is 89.6 Å². The predicted octanol–water partition coefficient (Wildman–Crippen LogP) is 1.63. The largest absolute Gasteiger partial charge is 0.390 e. The Balaban J connectivity index is 1.47. The van der Waals surface area contributed by atoms with Gasteiger partial charge in [-0.3, -0.25) is 4.79 Å². The molecule has 0 unspecified atom stereocenters. The molecule has 0 bridgehead atoms. The summed E-state index contributed by atoms with van der Waals surface area (Å²) in [6.07, 6.45) is 0.972. The van der Waals surface area contributed by atoms with Gasteiger partial charge in [0.15, 0.2) is 5.69 Å². The van der Waals surface area contributed by atoms with Crippen molar-refractivity contribution in [1.29, 1.82) is 0 Å². The minimum atomic E-state index is -0.362. The molecule has 1 amide bonds. The van der Waals surface area contributed by atoms with Crippen LogP contribution < -0.4 is 5.32 Å². The van der Waals surface area contributed by atoms with Crippen LogP contribution in [0.1, 0.15) is 28.2 Å². The Morgan fingerprint density at radius 3 is 2.83 bits per heavy atom. The number of oxime groups is 1.